The smallest absolute Gasteiger partial charge is 0.521 e. The summed E-state index contributed by atoms with van der Waals surface area (Å²) in [6.45, 7) is 0.385. The second kappa shape index (κ2) is 7.55. The summed E-state index contributed by atoms with van der Waals surface area (Å²) in [6, 6.07) is 0. The second-order valence-electron chi connectivity index (χ2n) is 1.74. The molecular formula is C5H14BNaO4. The van der Waals surface area contributed by atoms with Crippen LogP contribution in [0.4, 0.5) is 0 Å². The van der Waals surface area contributed by atoms with Crippen LogP contribution in [0, 0.1) is 0 Å². The quantitative estimate of drug-likeness (QED) is 0.426. The van der Waals surface area contributed by atoms with Crippen molar-refractivity contribution < 1.29 is 48.2 Å². The van der Waals surface area contributed by atoms with Crippen molar-refractivity contribution in [3.63, 3.8) is 0 Å². The molecule has 0 rings (SSSR count). The first-order valence-corrected chi connectivity index (χ1v) is 3.16. The van der Waals surface area contributed by atoms with E-state index in [1.807, 2.05) is 6.92 Å². The van der Waals surface area contributed by atoms with E-state index in [2.05, 4.69) is 0 Å². The van der Waals surface area contributed by atoms with Crippen molar-refractivity contribution in [3.8, 4) is 0 Å². The summed E-state index contributed by atoms with van der Waals surface area (Å²) < 4.78 is 19.7. The predicted octanol–water partition coefficient (Wildman–Crippen LogP) is -2.60. The molecule has 11 heavy (non-hydrogen) atoms. The van der Waals surface area contributed by atoms with E-state index in [0.717, 1.165) is 0 Å². The average Bonchev–Trinajstić information content (AvgIpc) is 2.01. The molecule has 0 fully saturated rings. The summed E-state index contributed by atoms with van der Waals surface area (Å²) in [4.78, 5) is 0. The molecule has 0 radical (unpaired) electrons. The van der Waals surface area contributed by atoms with Crippen LogP contribution in [0.15, 0.2) is 0 Å². The predicted molar refractivity (Wildman–Crippen MR) is 38.4 cm³/mol. The first kappa shape index (κ1) is 14.4. The summed E-state index contributed by atoms with van der Waals surface area (Å²) in [5, 5.41) is 0. The Bertz CT molecular complexity index is 80.3. The van der Waals surface area contributed by atoms with Gasteiger partial charge in [0.25, 0.3) is 0 Å². The Labute approximate surface area is 89.9 Å². The zero-order valence-corrected chi connectivity index (χ0v) is 9.92. The second-order valence-corrected chi connectivity index (χ2v) is 1.74. The van der Waals surface area contributed by atoms with Crippen molar-refractivity contribution in [1.29, 1.82) is 0 Å². The number of hydrogen-bond donors (Lipinski definition) is 0. The molecule has 0 aliphatic carbocycles. The first-order valence-electron chi connectivity index (χ1n) is 3.16. The van der Waals surface area contributed by atoms with E-state index in [-0.39, 0.29) is 29.6 Å². The molecule has 0 aromatic heterocycles. The van der Waals surface area contributed by atoms with Crippen LogP contribution >= 0.6 is 0 Å². The molecule has 6 heteroatoms. The molecule has 62 valence electrons. The molecule has 0 aromatic carbocycles. The van der Waals surface area contributed by atoms with Crippen LogP contribution in [0.2, 0.25) is 0 Å². The maximum absolute atomic E-state index is 5.07. The van der Waals surface area contributed by atoms with Crippen LogP contribution in [0.25, 0.3) is 0 Å². The Morgan fingerprint density at radius 3 is 1.45 bits per heavy atom. The number of hydrogen-bond acceptors (Lipinski definition) is 4. The Balaban J connectivity index is 0. The number of rotatable bonds is 5. The van der Waals surface area contributed by atoms with Crippen LogP contribution in [0.3, 0.4) is 0 Å². The molecule has 0 aromatic rings. The largest absolute Gasteiger partial charge is 1.00 e. The van der Waals surface area contributed by atoms with Crippen molar-refractivity contribution in [1.82, 2.24) is 0 Å². The molecule has 0 aliphatic heterocycles. The Morgan fingerprint density at radius 2 is 1.36 bits per heavy atom. The summed E-state index contributed by atoms with van der Waals surface area (Å²) in [5.74, 6) is 0. The third-order valence-corrected chi connectivity index (χ3v) is 1.24. The zero-order chi connectivity index (χ0) is 8.04. The van der Waals surface area contributed by atoms with Gasteiger partial charge in [-0.2, -0.15) is 0 Å². The zero-order valence-electron chi connectivity index (χ0n) is 7.92. The Morgan fingerprint density at radius 1 is 1.00 bits per heavy atom. The van der Waals surface area contributed by atoms with Gasteiger partial charge >= 0.3 is 36.5 Å². The minimum atomic E-state index is -1.95. The molecule has 0 saturated carbocycles. The van der Waals surface area contributed by atoms with E-state index in [1.165, 1.54) is 21.3 Å². The third-order valence-electron chi connectivity index (χ3n) is 1.24. The van der Waals surface area contributed by atoms with Gasteiger partial charge in [-0.1, -0.05) is 0 Å². The van der Waals surface area contributed by atoms with Crippen molar-refractivity contribution >= 4 is 6.96 Å². The van der Waals surface area contributed by atoms with E-state index in [0.29, 0.717) is 6.61 Å². The summed E-state index contributed by atoms with van der Waals surface area (Å²) in [7, 11) is 4.42. The summed E-state index contributed by atoms with van der Waals surface area (Å²) in [6.07, 6.45) is 0. The van der Waals surface area contributed by atoms with Gasteiger partial charge in [-0.25, -0.2) is 0 Å². The van der Waals surface area contributed by atoms with Gasteiger partial charge in [-0.05, 0) is 28.3 Å². The Kier molecular flexibility index (Phi) is 9.90. The molecule has 0 N–H and O–H groups in total. The van der Waals surface area contributed by atoms with Crippen LogP contribution in [0.1, 0.15) is 6.92 Å². The molecule has 0 amide bonds. The fourth-order valence-corrected chi connectivity index (χ4v) is 0.697. The van der Waals surface area contributed by atoms with Gasteiger partial charge in [0.15, 0.2) is 0 Å². The SMILES string of the molecule is CCO[B-](OC)(OC)OC.[Na+]. The molecular weight excluding hydrogens is 158 g/mol. The van der Waals surface area contributed by atoms with Crippen molar-refractivity contribution in [3.05, 3.63) is 0 Å². The van der Waals surface area contributed by atoms with Gasteiger partial charge in [0, 0.05) is 6.61 Å². The van der Waals surface area contributed by atoms with Crippen LogP contribution in [-0.2, 0) is 18.6 Å². The summed E-state index contributed by atoms with van der Waals surface area (Å²) in [5.41, 5.74) is 0. The molecule has 0 heterocycles. The van der Waals surface area contributed by atoms with Gasteiger partial charge in [0.2, 0.25) is 0 Å². The standard InChI is InChI=1S/C5H14BO4.Na/c1-5-10-6(7-2,8-3)9-4;/h5H2,1-4H3;/q-1;+1. The van der Waals surface area contributed by atoms with E-state index >= 15 is 0 Å². The van der Waals surface area contributed by atoms with E-state index in [9.17, 15) is 0 Å². The van der Waals surface area contributed by atoms with Crippen molar-refractivity contribution in [2.75, 3.05) is 27.9 Å². The van der Waals surface area contributed by atoms with Gasteiger partial charge in [-0.3, -0.25) is 0 Å². The minimum absolute atomic E-state index is 0. The first-order chi connectivity index (χ1) is 4.74. The Hall–Kier alpha value is 0.905. The molecule has 0 saturated heterocycles. The molecule has 0 unspecified atom stereocenters. The van der Waals surface area contributed by atoms with Crippen LogP contribution < -0.4 is 29.6 Å². The molecule has 0 spiro atoms. The van der Waals surface area contributed by atoms with Gasteiger partial charge in [0.1, 0.15) is 0 Å². The maximum Gasteiger partial charge on any atom is 1.00 e. The van der Waals surface area contributed by atoms with Gasteiger partial charge in [0.05, 0.1) is 0 Å². The van der Waals surface area contributed by atoms with E-state index < -0.39 is 6.96 Å². The monoisotopic (exact) mass is 172 g/mol. The van der Waals surface area contributed by atoms with Crippen LogP contribution in [0.5, 0.6) is 0 Å². The third kappa shape index (κ3) is 4.47. The minimum Gasteiger partial charge on any atom is -0.521 e. The summed E-state index contributed by atoms with van der Waals surface area (Å²) >= 11 is 0. The van der Waals surface area contributed by atoms with Gasteiger partial charge in [-0.15, -0.1) is 0 Å². The fraction of sp³-hybridized carbons (Fsp3) is 1.00. The van der Waals surface area contributed by atoms with Crippen LogP contribution in [-0.4, -0.2) is 34.9 Å². The maximum atomic E-state index is 5.07. The fourth-order valence-electron chi connectivity index (χ4n) is 0.697. The molecule has 4 nitrogen and oxygen atoms in total. The average molecular weight is 172 g/mol. The molecule has 0 atom stereocenters. The van der Waals surface area contributed by atoms with E-state index in [1.54, 1.807) is 0 Å². The van der Waals surface area contributed by atoms with E-state index in [4.69, 9.17) is 18.6 Å². The topological polar surface area (TPSA) is 36.9 Å². The van der Waals surface area contributed by atoms with Crippen molar-refractivity contribution in [2.24, 2.45) is 0 Å². The molecule has 0 bridgehead atoms. The normalized spacial score (nSPS) is 10.9. The molecule has 0 aliphatic rings. The van der Waals surface area contributed by atoms with Gasteiger partial charge < -0.3 is 18.6 Å². The van der Waals surface area contributed by atoms with Crippen molar-refractivity contribution in [2.45, 2.75) is 6.92 Å².